The summed E-state index contributed by atoms with van der Waals surface area (Å²) < 4.78 is 0. The third kappa shape index (κ3) is 5.25. The molecule has 1 saturated carbocycles. The Morgan fingerprint density at radius 3 is 2.39 bits per heavy atom. The van der Waals surface area contributed by atoms with Gasteiger partial charge in [-0.05, 0) is 59.0 Å². The Labute approximate surface area is 113 Å². The van der Waals surface area contributed by atoms with Crippen molar-refractivity contribution in [3.63, 3.8) is 0 Å². The van der Waals surface area contributed by atoms with Crippen molar-refractivity contribution in [3.8, 4) is 0 Å². The van der Waals surface area contributed by atoms with E-state index in [1.54, 1.807) is 0 Å². The first-order valence-electron chi connectivity index (χ1n) is 7.47. The molecule has 18 heavy (non-hydrogen) atoms. The molecule has 3 nitrogen and oxygen atoms in total. The molecular formula is C15H32N2O. The lowest BCUT2D eigenvalue weighted by Gasteiger charge is -2.32. The van der Waals surface area contributed by atoms with Crippen LogP contribution in [0.1, 0.15) is 53.4 Å². The van der Waals surface area contributed by atoms with Crippen molar-refractivity contribution in [2.75, 3.05) is 20.2 Å². The molecule has 0 bridgehead atoms. The number of nitrogens with zero attached hydrogens (tertiary/aromatic N) is 1. The summed E-state index contributed by atoms with van der Waals surface area (Å²) in [7, 11) is 2.20. The highest BCUT2D eigenvalue weighted by atomic mass is 16.3. The van der Waals surface area contributed by atoms with Gasteiger partial charge < -0.3 is 15.3 Å². The maximum atomic E-state index is 9.55. The molecule has 0 aliphatic heterocycles. The average Bonchev–Trinajstić information content (AvgIpc) is 3.11. The first kappa shape index (κ1) is 15.9. The minimum Gasteiger partial charge on any atom is -0.394 e. The molecule has 0 saturated heterocycles. The first-order chi connectivity index (χ1) is 8.38. The van der Waals surface area contributed by atoms with Crippen molar-refractivity contribution in [2.45, 2.75) is 71.0 Å². The second-order valence-electron chi connectivity index (χ2n) is 6.71. The van der Waals surface area contributed by atoms with E-state index < -0.39 is 0 Å². The third-order valence-corrected chi connectivity index (χ3v) is 4.38. The van der Waals surface area contributed by atoms with E-state index in [0.29, 0.717) is 18.0 Å². The van der Waals surface area contributed by atoms with Gasteiger partial charge in [0.2, 0.25) is 0 Å². The Balaban J connectivity index is 2.25. The molecule has 0 spiro atoms. The van der Waals surface area contributed by atoms with Crippen molar-refractivity contribution in [1.29, 1.82) is 0 Å². The average molecular weight is 256 g/mol. The van der Waals surface area contributed by atoms with E-state index in [1.807, 2.05) is 0 Å². The largest absolute Gasteiger partial charge is 0.394 e. The van der Waals surface area contributed by atoms with Crippen LogP contribution in [0.25, 0.3) is 0 Å². The number of nitrogens with one attached hydrogen (secondary N) is 1. The van der Waals surface area contributed by atoms with Crippen LogP contribution in [0.3, 0.4) is 0 Å². The fourth-order valence-electron chi connectivity index (χ4n) is 2.35. The molecule has 2 atom stereocenters. The number of hydrogen-bond acceptors (Lipinski definition) is 3. The maximum absolute atomic E-state index is 9.55. The predicted molar refractivity (Wildman–Crippen MR) is 77.8 cm³/mol. The van der Waals surface area contributed by atoms with Gasteiger partial charge in [0.05, 0.1) is 6.61 Å². The standard InChI is InChI=1S/C15H32N2O/c1-12(2)13(3)17(5)10-6-9-15(4,11-18)16-14-7-8-14/h12-14,16,18H,6-11H2,1-5H3. The van der Waals surface area contributed by atoms with Gasteiger partial charge in [0.1, 0.15) is 0 Å². The van der Waals surface area contributed by atoms with Gasteiger partial charge in [-0.3, -0.25) is 0 Å². The summed E-state index contributed by atoms with van der Waals surface area (Å²) in [6.45, 7) is 10.3. The zero-order valence-electron chi connectivity index (χ0n) is 12.9. The van der Waals surface area contributed by atoms with Gasteiger partial charge >= 0.3 is 0 Å². The molecular weight excluding hydrogens is 224 g/mol. The second kappa shape index (κ2) is 6.88. The molecule has 1 rings (SSSR count). The smallest absolute Gasteiger partial charge is 0.0610 e. The summed E-state index contributed by atoms with van der Waals surface area (Å²) in [5.41, 5.74) is -0.0803. The Morgan fingerprint density at radius 1 is 1.33 bits per heavy atom. The lowest BCUT2D eigenvalue weighted by molar-refractivity contribution is 0.148. The molecule has 108 valence electrons. The van der Waals surface area contributed by atoms with Crippen LogP contribution < -0.4 is 5.32 Å². The van der Waals surface area contributed by atoms with E-state index in [0.717, 1.165) is 19.4 Å². The molecule has 0 aromatic heterocycles. The number of rotatable bonds is 9. The summed E-state index contributed by atoms with van der Waals surface area (Å²) in [4.78, 5) is 2.43. The third-order valence-electron chi connectivity index (χ3n) is 4.38. The monoisotopic (exact) mass is 256 g/mol. The van der Waals surface area contributed by atoms with E-state index in [2.05, 4.69) is 45.0 Å². The molecule has 1 aliphatic carbocycles. The highest BCUT2D eigenvalue weighted by Gasteiger charge is 2.31. The van der Waals surface area contributed by atoms with Crippen LogP contribution in [-0.4, -0.2) is 47.8 Å². The second-order valence-corrected chi connectivity index (χ2v) is 6.71. The lowest BCUT2D eigenvalue weighted by atomic mass is 9.96. The van der Waals surface area contributed by atoms with Crippen molar-refractivity contribution < 1.29 is 5.11 Å². The van der Waals surface area contributed by atoms with E-state index in [4.69, 9.17) is 0 Å². The van der Waals surface area contributed by atoms with Gasteiger partial charge in [-0.2, -0.15) is 0 Å². The molecule has 0 radical (unpaired) electrons. The van der Waals surface area contributed by atoms with Gasteiger partial charge in [-0.25, -0.2) is 0 Å². The van der Waals surface area contributed by atoms with Crippen LogP contribution in [-0.2, 0) is 0 Å². The zero-order valence-corrected chi connectivity index (χ0v) is 12.9. The number of aliphatic hydroxyl groups excluding tert-OH is 1. The van der Waals surface area contributed by atoms with Crippen molar-refractivity contribution in [3.05, 3.63) is 0 Å². The van der Waals surface area contributed by atoms with E-state index >= 15 is 0 Å². The Hall–Kier alpha value is -0.120. The summed E-state index contributed by atoms with van der Waals surface area (Å²) in [5.74, 6) is 0.698. The van der Waals surface area contributed by atoms with Gasteiger partial charge in [-0.15, -0.1) is 0 Å². The van der Waals surface area contributed by atoms with E-state index in [-0.39, 0.29) is 12.1 Å². The van der Waals surface area contributed by atoms with E-state index in [1.165, 1.54) is 12.8 Å². The van der Waals surface area contributed by atoms with Crippen LogP contribution in [0.15, 0.2) is 0 Å². The molecule has 2 N–H and O–H groups in total. The summed E-state index contributed by atoms with van der Waals surface area (Å²) >= 11 is 0. The molecule has 1 aliphatic rings. The SMILES string of the molecule is CC(C)C(C)N(C)CCCC(C)(CO)NC1CC1. The van der Waals surface area contributed by atoms with Crippen LogP contribution in [0.4, 0.5) is 0 Å². The molecule has 1 fully saturated rings. The molecule has 0 aromatic carbocycles. The topological polar surface area (TPSA) is 35.5 Å². The van der Waals surface area contributed by atoms with Gasteiger partial charge in [0, 0.05) is 17.6 Å². The Morgan fingerprint density at radius 2 is 1.94 bits per heavy atom. The normalized spacial score (nSPS) is 21.3. The fraction of sp³-hybridized carbons (Fsp3) is 1.00. The Bertz CT molecular complexity index is 241. The molecule has 0 heterocycles. The summed E-state index contributed by atoms with van der Waals surface area (Å²) in [6, 6.07) is 1.29. The predicted octanol–water partition coefficient (Wildman–Crippen LogP) is 2.25. The first-order valence-corrected chi connectivity index (χ1v) is 7.47. The maximum Gasteiger partial charge on any atom is 0.0610 e. The van der Waals surface area contributed by atoms with Crippen LogP contribution in [0.5, 0.6) is 0 Å². The minimum absolute atomic E-state index is 0.0803. The molecule has 0 amide bonds. The number of aliphatic hydroxyl groups is 1. The van der Waals surface area contributed by atoms with Gasteiger partial charge in [-0.1, -0.05) is 13.8 Å². The van der Waals surface area contributed by atoms with E-state index in [9.17, 15) is 5.11 Å². The van der Waals surface area contributed by atoms with Crippen molar-refractivity contribution >= 4 is 0 Å². The Kier molecular flexibility index (Phi) is 6.09. The highest BCUT2D eigenvalue weighted by Crippen LogP contribution is 2.24. The molecule has 2 unspecified atom stereocenters. The van der Waals surface area contributed by atoms with Crippen molar-refractivity contribution in [1.82, 2.24) is 10.2 Å². The zero-order chi connectivity index (χ0) is 13.8. The minimum atomic E-state index is -0.0803. The summed E-state index contributed by atoms with van der Waals surface area (Å²) in [5, 5.41) is 13.1. The van der Waals surface area contributed by atoms with Crippen LogP contribution in [0.2, 0.25) is 0 Å². The van der Waals surface area contributed by atoms with Crippen molar-refractivity contribution in [2.24, 2.45) is 5.92 Å². The number of hydrogen-bond donors (Lipinski definition) is 2. The fourth-order valence-corrected chi connectivity index (χ4v) is 2.35. The lowest BCUT2D eigenvalue weighted by Crippen LogP contribution is -2.47. The van der Waals surface area contributed by atoms with Crippen LogP contribution >= 0.6 is 0 Å². The van der Waals surface area contributed by atoms with Gasteiger partial charge in [0.25, 0.3) is 0 Å². The quantitative estimate of drug-likeness (QED) is 0.664. The summed E-state index contributed by atoms with van der Waals surface area (Å²) in [6.07, 6.45) is 4.75. The highest BCUT2D eigenvalue weighted by molar-refractivity contribution is 4.92. The molecule has 3 heteroatoms. The van der Waals surface area contributed by atoms with Crippen LogP contribution in [0, 0.1) is 5.92 Å². The van der Waals surface area contributed by atoms with Gasteiger partial charge in [0.15, 0.2) is 0 Å². The molecule has 0 aromatic rings.